The molecule has 0 unspecified atom stereocenters. The van der Waals surface area contributed by atoms with Gasteiger partial charge in [-0.25, -0.2) is 0 Å². The molecule has 3 nitrogen and oxygen atoms in total. The molecule has 4 aromatic carbocycles. The van der Waals surface area contributed by atoms with Crippen molar-refractivity contribution in [3.8, 4) is 28.1 Å². The van der Waals surface area contributed by atoms with Crippen LogP contribution in [0.25, 0.3) is 60.6 Å². The Bertz CT molecular complexity index is 2060. The molecular weight excluding hydrogens is 655 g/mol. The zero-order chi connectivity index (χ0) is 25.4. The summed E-state index contributed by atoms with van der Waals surface area (Å²) in [5, 5.41) is 4.74. The maximum absolute atomic E-state index is 4.75. The van der Waals surface area contributed by atoms with E-state index in [1.165, 1.54) is 49.6 Å². The summed E-state index contributed by atoms with van der Waals surface area (Å²) in [4.78, 5) is 9.27. The molecule has 189 valence electrons. The molecule has 4 heterocycles. The molecule has 4 heteroatoms. The number of hydrogen-bond donors (Lipinski definition) is 0. The van der Waals surface area contributed by atoms with Crippen LogP contribution in [0.4, 0.5) is 0 Å². The predicted molar refractivity (Wildman–Crippen MR) is 156 cm³/mol. The average Bonchev–Trinajstić information content (AvgIpc) is 3.30. The van der Waals surface area contributed by atoms with E-state index >= 15 is 0 Å². The van der Waals surface area contributed by atoms with Crippen molar-refractivity contribution >= 4 is 32.6 Å². The summed E-state index contributed by atoms with van der Waals surface area (Å²) in [5.41, 5.74) is 10.6. The van der Waals surface area contributed by atoms with E-state index in [0.29, 0.717) is 0 Å². The van der Waals surface area contributed by atoms with Crippen LogP contribution in [0.15, 0.2) is 110 Å². The van der Waals surface area contributed by atoms with Crippen LogP contribution in [0.5, 0.6) is 0 Å². The molecule has 0 atom stereocenters. The number of benzene rings is 4. The van der Waals surface area contributed by atoms with Gasteiger partial charge < -0.3 is 9.55 Å². The molecule has 0 saturated carbocycles. The van der Waals surface area contributed by atoms with Crippen molar-refractivity contribution in [2.75, 3.05) is 0 Å². The van der Waals surface area contributed by atoms with Gasteiger partial charge in [0.25, 0.3) is 0 Å². The van der Waals surface area contributed by atoms with Crippen molar-refractivity contribution in [1.29, 1.82) is 0 Å². The Morgan fingerprint density at radius 3 is 2.51 bits per heavy atom. The maximum atomic E-state index is 4.75. The van der Waals surface area contributed by atoms with E-state index in [0.717, 1.165) is 22.2 Å². The summed E-state index contributed by atoms with van der Waals surface area (Å²) >= 11 is 0. The number of fused-ring (bicyclic) bond motifs is 6. The number of para-hydroxylation sites is 1. The molecule has 3 aromatic heterocycles. The first-order valence-corrected chi connectivity index (χ1v) is 13.0. The van der Waals surface area contributed by atoms with E-state index in [2.05, 4.69) is 114 Å². The smallest absolute Gasteiger partial charge is 0.0583 e. The fraction of sp³-hybridized carbons (Fsp3) is 0.0857. The quantitative estimate of drug-likeness (QED) is 0.172. The molecule has 7 aromatic rings. The van der Waals surface area contributed by atoms with Gasteiger partial charge in [-0.05, 0) is 63.5 Å². The molecule has 0 fully saturated rings. The third-order valence-electron chi connectivity index (χ3n) is 8.22. The second kappa shape index (κ2) is 8.71. The minimum atomic E-state index is -0.149. The first-order valence-electron chi connectivity index (χ1n) is 13.0. The SMILES string of the molecule is CC1(C)c2ccccc2-n2c3ccncc3c3cc(-c4cc[c-]c(-c5nccc6ccccc56)c4)cc1c32.[Ir]. The van der Waals surface area contributed by atoms with Crippen LogP contribution in [0, 0.1) is 6.07 Å². The monoisotopic (exact) mass is 679 g/mol. The third-order valence-corrected chi connectivity index (χ3v) is 8.22. The van der Waals surface area contributed by atoms with Gasteiger partial charge >= 0.3 is 0 Å². The minimum Gasteiger partial charge on any atom is -0.309 e. The summed E-state index contributed by atoms with van der Waals surface area (Å²) in [7, 11) is 0. The maximum Gasteiger partial charge on any atom is 0.0583 e. The van der Waals surface area contributed by atoms with Crippen LogP contribution < -0.4 is 0 Å². The molecule has 39 heavy (non-hydrogen) atoms. The van der Waals surface area contributed by atoms with Gasteiger partial charge in [-0.1, -0.05) is 56.3 Å². The number of rotatable bonds is 2. The number of hydrogen-bond acceptors (Lipinski definition) is 2. The van der Waals surface area contributed by atoms with E-state index in [1.807, 2.05) is 24.7 Å². The van der Waals surface area contributed by atoms with Crippen LogP contribution in [-0.4, -0.2) is 14.5 Å². The van der Waals surface area contributed by atoms with Gasteiger partial charge in [-0.2, -0.15) is 0 Å². The fourth-order valence-electron chi connectivity index (χ4n) is 6.34. The largest absolute Gasteiger partial charge is 0.309 e. The second-order valence-corrected chi connectivity index (χ2v) is 10.7. The Morgan fingerprint density at radius 2 is 1.59 bits per heavy atom. The van der Waals surface area contributed by atoms with Crippen LogP contribution in [0.3, 0.4) is 0 Å². The Hall–Kier alpha value is -4.11. The number of aromatic nitrogens is 3. The van der Waals surface area contributed by atoms with Gasteiger partial charge in [0.05, 0.1) is 16.7 Å². The fourth-order valence-corrected chi connectivity index (χ4v) is 6.34. The molecule has 1 aliphatic rings. The second-order valence-electron chi connectivity index (χ2n) is 10.7. The van der Waals surface area contributed by atoms with Crippen LogP contribution in [0.1, 0.15) is 25.0 Å². The van der Waals surface area contributed by atoms with Gasteiger partial charge in [0.2, 0.25) is 0 Å². The van der Waals surface area contributed by atoms with Crippen molar-refractivity contribution in [1.82, 2.24) is 14.5 Å². The number of pyridine rings is 2. The summed E-state index contributed by atoms with van der Waals surface area (Å²) in [6.07, 6.45) is 5.78. The minimum absolute atomic E-state index is 0. The zero-order valence-electron chi connectivity index (χ0n) is 21.6. The van der Waals surface area contributed by atoms with Crippen molar-refractivity contribution in [2.24, 2.45) is 0 Å². The Morgan fingerprint density at radius 1 is 0.744 bits per heavy atom. The van der Waals surface area contributed by atoms with Gasteiger partial charge in [0.1, 0.15) is 0 Å². The predicted octanol–water partition coefficient (Wildman–Crippen LogP) is 8.50. The van der Waals surface area contributed by atoms with Crippen LogP contribution >= 0.6 is 0 Å². The first-order chi connectivity index (χ1) is 18.6. The Labute approximate surface area is 240 Å². The summed E-state index contributed by atoms with van der Waals surface area (Å²) in [6, 6.07) is 36.0. The molecule has 0 aliphatic carbocycles. The van der Waals surface area contributed by atoms with Gasteiger partial charge in [0, 0.05) is 54.9 Å². The molecule has 0 amide bonds. The molecule has 8 rings (SSSR count). The summed E-state index contributed by atoms with van der Waals surface area (Å²) < 4.78 is 2.43. The zero-order valence-corrected chi connectivity index (χ0v) is 24.0. The van der Waals surface area contributed by atoms with E-state index in [4.69, 9.17) is 4.98 Å². The van der Waals surface area contributed by atoms with E-state index < -0.39 is 0 Å². The average molecular weight is 679 g/mol. The molecule has 0 spiro atoms. The Balaban J connectivity index is 0.00000253. The molecule has 1 radical (unpaired) electrons. The topological polar surface area (TPSA) is 30.7 Å². The van der Waals surface area contributed by atoms with E-state index in [9.17, 15) is 0 Å². The third kappa shape index (κ3) is 3.39. The standard InChI is InChI=1S/C35H24N3.Ir/c1-35(2)29-12-5-6-13-32(29)38-31-15-16-36-21-28(31)27-19-25(20-30(35)34(27)38)23-9-7-10-24(18-23)33-26-11-4-3-8-22(26)14-17-37-33;/h3-9,11-21H,1-2H3;/q-1;. The molecule has 0 bridgehead atoms. The molecular formula is C35H24IrN3-. The van der Waals surface area contributed by atoms with Crippen molar-refractivity contribution in [3.63, 3.8) is 0 Å². The van der Waals surface area contributed by atoms with Crippen LogP contribution in [-0.2, 0) is 25.5 Å². The summed E-state index contributed by atoms with van der Waals surface area (Å²) in [5.74, 6) is 0. The first kappa shape index (κ1) is 24.0. The van der Waals surface area contributed by atoms with Crippen molar-refractivity contribution in [2.45, 2.75) is 19.3 Å². The molecule has 0 saturated heterocycles. The van der Waals surface area contributed by atoms with Crippen molar-refractivity contribution < 1.29 is 20.1 Å². The van der Waals surface area contributed by atoms with Gasteiger partial charge in [-0.15, -0.1) is 35.4 Å². The Kier molecular flexibility index (Phi) is 5.35. The van der Waals surface area contributed by atoms with Crippen LogP contribution in [0.2, 0.25) is 0 Å². The van der Waals surface area contributed by atoms with E-state index in [-0.39, 0.29) is 25.5 Å². The normalized spacial score (nSPS) is 13.4. The van der Waals surface area contributed by atoms with E-state index in [1.54, 1.807) is 0 Å². The van der Waals surface area contributed by atoms with Gasteiger partial charge in [0.15, 0.2) is 0 Å². The molecule has 1 aliphatic heterocycles. The van der Waals surface area contributed by atoms with Crippen molar-refractivity contribution in [3.05, 3.63) is 127 Å². The molecule has 0 N–H and O–H groups in total. The summed E-state index contributed by atoms with van der Waals surface area (Å²) in [6.45, 7) is 4.68. The van der Waals surface area contributed by atoms with Gasteiger partial charge in [-0.3, -0.25) is 4.98 Å². The number of nitrogens with zero attached hydrogens (tertiary/aromatic N) is 3.